The van der Waals surface area contributed by atoms with Gasteiger partial charge in [0.1, 0.15) is 24.7 Å². The van der Waals surface area contributed by atoms with Gasteiger partial charge in [0.2, 0.25) is 0 Å². The van der Waals surface area contributed by atoms with Crippen molar-refractivity contribution in [3.05, 3.63) is 76.0 Å². The van der Waals surface area contributed by atoms with Crippen LogP contribution >= 0.6 is 23.2 Å². The van der Waals surface area contributed by atoms with Gasteiger partial charge in [0.05, 0.1) is 28.4 Å². The lowest BCUT2D eigenvalue weighted by Crippen LogP contribution is -2.37. The summed E-state index contributed by atoms with van der Waals surface area (Å²) >= 11 is 12.0. The van der Waals surface area contributed by atoms with Gasteiger partial charge in [-0.1, -0.05) is 35.3 Å². The Morgan fingerprint density at radius 3 is 2.68 bits per heavy atom. The molecule has 0 spiro atoms. The number of rotatable bonds is 9. The number of aliphatic hydroxyl groups is 1. The van der Waals surface area contributed by atoms with Gasteiger partial charge in [-0.3, -0.25) is 9.58 Å². The zero-order valence-corrected chi connectivity index (χ0v) is 20.9. The number of aryl methyl sites for hydroxylation is 1. The molecule has 8 heteroatoms. The van der Waals surface area contributed by atoms with Crippen molar-refractivity contribution in [1.82, 2.24) is 14.7 Å². The predicted molar refractivity (Wildman–Crippen MR) is 135 cm³/mol. The van der Waals surface area contributed by atoms with Crippen LogP contribution in [0.25, 0.3) is 0 Å². The monoisotopic (exact) mass is 503 g/mol. The van der Waals surface area contributed by atoms with Crippen molar-refractivity contribution < 1.29 is 14.6 Å². The second-order valence-electron chi connectivity index (χ2n) is 9.00. The van der Waals surface area contributed by atoms with Crippen molar-refractivity contribution in [3.63, 3.8) is 0 Å². The summed E-state index contributed by atoms with van der Waals surface area (Å²) < 4.78 is 13.7. The van der Waals surface area contributed by atoms with Gasteiger partial charge in [0.15, 0.2) is 0 Å². The maximum absolute atomic E-state index is 11.1. The predicted octanol–water partition coefficient (Wildman–Crippen LogP) is 5.37. The third-order valence-electron chi connectivity index (χ3n) is 6.06. The van der Waals surface area contributed by atoms with Crippen molar-refractivity contribution in [2.24, 2.45) is 0 Å². The third kappa shape index (κ3) is 7.12. The fraction of sp³-hybridized carbons (Fsp3) is 0.423. The van der Waals surface area contributed by atoms with E-state index in [1.54, 1.807) is 18.2 Å². The van der Waals surface area contributed by atoms with E-state index in [1.165, 1.54) is 5.56 Å². The summed E-state index contributed by atoms with van der Waals surface area (Å²) in [5.41, 5.74) is 1.48. The molecule has 1 atom stereocenters. The van der Waals surface area contributed by atoms with E-state index >= 15 is 0 Å². The lowest BCUT2D eigenvalue weighted by Gasteiger charge is -2.27. The number of halogens is 2. The summed E-state index contributed by atoms with van der Waals surface area (Å²) in [7, 11) is 0. The lowest BCUT2D eigenvalue weighted by atomic mass is 9.96. The molecule has 182 valence electrons. The molecule has 1 aliphatic rings. The van der Waals surface area contributed by atoms with E-state index in [4.69, 9.17) is 32.7 Å². The van der Waals surface area contributed by atoms with Crippen molar-refractivity contribution in [2.75, 3.05) is 26.3 Å². The maximum atomic E-state index is 11.1. The van der Waals surface area contributed by atoms with Gasteiger partial charge in [-0.2, -0.15) is 5.10 Å². The second kappa shape index (κ2) is 11.5. The fourth-order valence-electron chi connectivity index (χ4n) is 4.16. The van der Waals surface area contributed by atoms with Crippen LogP contribution in [-0.2, 0) is 13.1 Å². The van der Waals surface area contributed by atoms with Crippen molar-refractivity contribution in [1.29, 1.82) is 0 Å². The Kier molecular flexibility index (Phi) is 8.37. The molecule has 0 radical (unpaired) electrons. The zero-order chi connectivity index (χ0) is 24.0. The molecule has 6 nitrogen and oxygen atoms in total. The Morgan fingerprint density at radius 1 is 1.03 bits per heavy atom. The number of hydrogen-bond donors (Lipinski definition) is 1. The Morgan fingerprint density at radius 2 is 1.88 bits per heavy atom. The molecular weight excluding hydrogens is 473 g/mol. The number of nitrogens with zero attached hydrogens (tertiary/aromatic N) is 3. The first-order valence-corrected chi connectivity index (χ1v) is 12.4. The molecule has 0 bridgehead atoms. The minimum atomic E-state index is -0.864. The van der Waals surface area contributed by atoms with Crippen molar-refractivity contribution >= 4 is 23.2 Å². The molecule has 3 aromatic rings. The van der Waals surface area contributed by atoms with E-state index in [0.717, 1.165) is 37.4 Å². The number of aromatic nitrogens is 2. The number of ether oxygens (including phenoxy) is 2. The summed E-state index contributed by atoms with van der Waals surface area (Å²) in [6.45, 7) is 6.09. The molecule has 4 rings (SSSR count). The quantitative estimate of drug-likeness (QED) is 0.425. The molecule has 1 fully saturated rings. The molecule has 0 saturated carbocycles. The highest BCUT2D eigenvalue weighted by molar-refractivity contribution is 6.42. The van der Waals surface area contributed by atoms with Gasteiger partial charge in [0.25, 0.3) is 0 Å². The molecule has 2 heterocycles. The van der Waals surface area contributed by atoms with Gasteiger partial charge in [0, 0.05) is 25.4 Å². The molecule has 1 N–H and O–H groups in total. The van der Waals surface area contributed by atoms with E-state index in [9.17, 15) is 5.11 Å². The van der Waals surface area contributed by atoms with E-state index in [0.29, 0.717) is 41.8 Å². The molecule has 0 unspecified atom stereocenters. The minimum Gasteiger partial charge on any atom is -0.492 e. The standard InChI is InChI=1S/C26H31Cl2N3O3/c1-20-16-29-31(17-20)12-13-33-22-5-2-4-21(14-22)18-30-10-3-8-26(32,9-11-30)19-34-23-6-7-24(27)25(28)15-23/h2,4-7,14-17,32H,3,8-13,18-19H2,1H3/t26-/m1/s1. The van der Waals surface area contributed by atoms with E-state index in [2.05, 4.69) is 22.1 Å². The van der Waals surface area contributed by atoms with Gasteiger partial charge in [-0.15, -0.1) is 0 Å². The van der Waals surface area contributed by atoms with Crippen molar-refractivity contribution in [2.45, 2.75) is 44.9 Å². The van der Waals surface area contributed by atoms with Crippen LogP contribution < -0.4 is 9.47 Å². The van der Waals surface area contributed by atoms with E-state index in [-0.39, 0.29) is 6.61 Å². The minimum absolute atomic E-state index is 0.234. The Balaban J connectivity index is 1.26. The summed E-state index contributed by atoms with van der Waals surface area (Å²) in [4.78, 5) is 2.38. The third-order valence-corrected chi connectivity index (χ3v) is 6.80. The SMILES string of the molecule is Cc1cnn(CCOc2cccc(CN3CCC[C@](O)(COc4ccc(Cl)c(Cl)c4)CC3)c2)c1. The van der Waals surface area contributed by atoms with Gasteiger partial charge < -0.3 is 14.6 Å². The smallest absolute Gasteiger partial charge is 0.121 e. The van der Waals surface area contributed by atoms with Crippen molar-refractivity contribution in [3.8, 4) is 11.5 Å². The first kappa shape index (κ1) is 24.9. The number of benzene rings is 2. The van der Waals surface area contributed by atoms with E-state index < -0.39 is 5.60 Å². The molecule has 1 aromatic heterocycles. The Hall–Kier alpha value is -2.25. The average molecular weight is 504 g/mol. The van der Waals surface area contributed by atoms with Crippen LogP contribution in [0.5, 0.6) is 11.5 Å². The summed E-state index contributed by atoms with van der Waals surface area (Å²) in [6.07, 6.45) is 6.10. The molecule has 0 amide bonds. The topological polar surface area (TPSA) is 59.8 Å². The van der Waals surface area contributed by atoms with Crippen LogP contribution in [0.2, 0.25) is 10.0 Å². The fourth-order valence-corrected chi connectivity index (χ4v) is 4.45. The largest absolute Gasteiger partial charge is 0.492 e. The summed E-state index contributed by atoms with van der Waals surface area (Å²) in [5, 5.41) is 16.3. The van der Waals surface area contributed by atoms with Crippen LogP contribution in [0.15, 0.2) is 54.9 Å². The molecule has 1 aliphatic heterocycles. The Labute approximate surface area is 211 Å². The highest BCUT2D eigenvalue weighted by atomic mass is 35.5. The molecular formula is C26H31Cl2N3O3. The van der Waals surface area contributed by atoms with Crippen LogP contribution in [-0.4, -0.2) is 51.7 Å². The van der Waals surface area contributed by atoms with Crippen LogP contribution in [0.1, 0.15) is 30.4 Å². The normalized spacial score (nSPS) is 19.1. The maximum Gasteiger partial charge on any atom is 0.121 e. The van der Waals surface area contributed by atoms with Crippen LogP contribution in [0, 0.1) is 6.92 Å². The van der Waals surface area contributed by atoms with E-state index in [1.807, 2.05) is 36.1 Å². The second-order valence-corrected chi connectivity index (χ2v) is 9.81. The van der Waals surface area contributed by atoms with Gasteiger partial charge in [-0.25, -0.2) is 0 Å². The Bertz CT molecular complexity index is 1090. The number of hydrogen-bond acceptors (Lipinski definition) is 5. The zero-order valence-electron chi connectivity index (χ0n) is 19.4. The highest BCUT2D eigenvalue weighted by Crippen LogP contribution is 2.29. The molecule has 2 aromatic carbocycles. The molecule has 34 heavy (non-hydrogen) atoms. The highest BCUT2D eigenvalue weighted by Gasteiger charge is 2.31. The van der Waals surface area contributed by atoms with Crippen LogP contribution in [0.3, 0.4) is 0 Å². The first-order valence-electron chi connectivity index (χ1n) is 11.6. The lowest BCUT2D eigenvalue weighted by molar-refractivity contribution is -0.0168. The average Bonchev–Trinajstić information content (AvgIpc) is 3.14. The first-order chi connectivity index (χ1) is 16.4. The molecule has 0 aliphatic carbocycles. The molecule has 1 saturated heterocycles. The van der Waals surface area contributed by atoms with Gasteiger partial charge in [-0.05, 0) is 68.1 Å². The summed E-state index contributed by atoms with van der Waals surface area (Å²) in [5.74, 6) is 1.48. The number of likely N-dealkylation sites (tertiary alicyclic amines) is 1. The van der Waals surface area contributed by atoms with Gasteiger partial charge >= 0.3 is 0 Å². The van der Waals surface area contributed by atoms with Crippen LogP contribution in [0.4, 0.5) is 0 Å². The summed E-state index contributed by atoms with van der Waals surface area (Å²) in [6, 6.07) is 13.4.